The molecule has 4 rings (SSSR count). The fraction of sp³-hybridized carbons (Fsp3) is 0.400. The molecule has 158 valence electrons. The summed E-state index contributed by atoms with van der Waals surface area (Å²) in [6.07, 6.45) is 0.956. The van der Waals surface area contributed by atoms with Crippen LogP contribution in [0.5, 0.6) is 11.8 Å². The van der Waals surface area contributed by atoms with E-state index in [4.69, 9.17) is 21.1 Å². The standard InChI is InChI=1S/C20H18ClF3N4O2/c21-13-10-25-19(26-11-13)30-16-3-1-2-14-17(16)15(28-18(27-14)20(22,23)24)5-4-12-6-8-29-9-7-12/h1-3,10-12H,4-9H2. The van der Waals surface area contributed by atoms with Crippen LogP contribution >= 0.6 is 11.6 Å². The van der Waals surface area contributed by atoms with E-state index in [0.29, 0.717) is 53.8 Å². The number of alkyl halides is 3. The predicted molar refractivity (Wildman–Crippen MR) is 104 cm³/mol. The van der Waals surface area contributed by atoms with E-state index >= 15 is 0 Å². The summed E-state index contributed by atoms with van der Waals surface area (Å²) >= 11 is 5.79. The Bertz CT molecular complexity index is 1020. The van der Waals surface area contributed by atoms with Crippen molar-refractivity contribution in [2.75, 3.05) is 13.2 Å². The Kier molecular flexibility index (Phi) is 6.01. The quantitative estimate of drug-likeness (QED) is 0.542. The number of aromatic nitrogens is 4. The van der Waals surface area contributed by atoms with E-state index in [1.54, 1.807) is 12.1 Å². The number of halogens is 4. The molecule has 1 saturated heterocycles. The minimum Gasteiger partial charge on any atom is -0.424 e. The highest BCUT2D eigenvalue weighted by Gasteiger charge is 2.36. The van der Waals surface area contributed by atoms with Crippen molar-refractivity contribution in [3.63, 3.8) is 0 Å². The van der Waals surface area contributed by atoms with Gasteiger partial charge in [-0.3, -0.25) is 0 Å². The second-order valence-electron chi connectivity index (χ2n) is 7.02. The average molecular weight is 439 g/mol. The van der Waals surface area contributed by atoms with Crippen LogP contribution in [-0.4, -0.2) is 33.1 Å². The first-order valence-electron chi connectivity index (χ1n) is 9.50. The van der Waals surface area contributed by atoms with Gasteiger partial charge in [-0.2, -0.15) is 13.2 Å². The van der Waals surface area contributed by atoms with Crippen molar-refractivity contribution in [1.82, 2.24) is 19.9 Å². The third-order valence-corrected chi connectivity index (χ3v) is 5.14. The summed E-state index contributed by atoms with van der Waals surface area (Å²) in [5.74, 6) is -0.479. The molecule has 0 unspecified atom stereocenters. The third kappa shape index (κ3) is 4.79. The molecule has 3 aromatic rings. The topological polar surface area (TPSA) is 70.0 Å². The van der Waals surface area contributed by atoms with Crippen molar-refractivity contribution in [3.8, 4) is 11.8 Å². The SMILES string of the molecule is FC(F)(F)c1nc(CCC2CCOCC2)c2c(Oc3ncc(Cl)cn3)cccc2n1. The first-order chi connectivity index (χ1) is 14.4. The Morgan fingerprint density at radius 2 is 1.83 bits per heavy atom. The molecule has 0 spiro atoms. The fourth-order valence-electron chi connectivity index (χ4n) is 3.45. The summed E-state index contributed by atoms with van der Waals surface area (Å²) in [5, 5.41) is 0.770. The number of hydrogen-bond acceptors (Lipinski definition) is 6. The maximum Gasteiger partial charge on any atom is 0.451 e. The minimum absolute atomic E-state index is 0.0298. The van der Waals surface area contributed by atoms with Gasteiger partial charge >= 0.3 is 12.2 Å². The first kappa shape index (κ1) is 20.7. The van der Waals surface area contributed by atoms with Crippen LogP contribution in [0.25, 0.3) is 10.9 Å². The monoisotopic (exact) mass is 438 g/mol. The van der Waals surface area contributed by atoms with Gasteiger partial charge in [-0.05, 0) is 43.7 Å². The Balaban J connectivity index is 1.73. The molecule has 3 heterocycles. The highest BCUT2D eigenvalue weighted by atomic mass is 35.5. The molecule has 30 heavy (non-hydrogen) atoms. The number of benzene rings is 1. The number of rotatable bonds is 5. The zero-order valence-electron chi connectivity index (χ0n) is 15.8. The summed E-state index contributed by atoms with van der Waals surface area (Å²) in [6.45, 7) is 1.34. The number of nitrogens with zero attached hydrogens (tertiary/aromatic N) is 4. The lowest BCUT2D eigenvalue weighted by Crippen LogP contribution is -2.17. The van der Waals surface area contributed by atoms with Gasteiger partial charge in [0.05, 0.1) is 34.0 Å². The fourth-order valence-corrected chi connectivity index (χ4v) is 3.54. The Hall–Kier alpha value is -2.52. The zero-order valence-corrected chi connectivity index (χ0v) is 16.6. The minimum atomic E-state index is -4.64. The molecule has 10 heteroatoms. The first-order valence-corrected chi connectivity index (χ1v) is 9.88. The van der Waals surface area contributed by atoms with Gasteiger partial charge in [-0.15, -0.1) is 0 Å². The lowest BCUT2D eigenvalue weighted by Gasteiger charge is -2.22. The van der Waals surface area contributed by atoms with Crippen molar-refractivity contribution in [2.45, 2.75) is 31.9 Å². The summed E-state index contributed by atoms with van der Waals surface area (Å²) in [5.41, 5.74) is 0.453. The smallest absolute Gasteiger partial charge is 0.424 e. The Morgan fingerprint density at radius 1 is 1.10 bits per heavy atom. The summed E-state index contributed by atoms with van der Waals surface area (Å²) in [4.78, 5) is 15.6. The van der Waals surface area contributed by atoms with Gasteiger partial charge in [0.15, 0.2) is 0 Å². The van der Waals surface area contributed by atoms with Gasteiger partial charge in [0, 0.05) is 13.2 Å². The second kappa shape index (κ2) is 8.69. The molecule has 0 bridgehead atoms. The highest BCUT2D eigenvalue weighted by Crippen LogP contribution is 2.35. The van der Waals surface area contributed by atoms with E-state index in [1.165, 1.54) is 18.5 Å². The van der Waals surface area contributed by atoms with Gasteiger partial charge in [0.2, 0.25) is 5.82 Å². The van der Waals surface area contributed by atoms with Gasteiger partial charge in [0.1, 0.15) is 5.75 Å². The van der Waals surface area contributed by atoms with Gasteiger partial charge < -0.3 is 9.47 Å². The maximum absolute atomic E-state index is 13.4. The van der Waals surface area contributed by atoms with Crippen LogP contribution in [0.3, 0.4) is 0 Å². The summed E-state index contributed by atoms with van der Waals surface area (Å²) in [6, 6.07) is 4.75. The molecule has 0 saturated carbocycles. The van der Waals surface area contributed by atoms with E-state index in [9.17, 15) is 13.2 Å². The average Bonchev–Trinajstić information content (AvgIpc) is 2.73. The molecule has 2 aromatic heterocycles. The van der Waals surface area contributed by atoms with E-state index < -0.39 is 12.0 Å². The lowest BCUT2D eigenvalue weighted by molar-refractivity contribution is -0.144. The number of aryl methyl sites for hydroxylation is 1. The molecule has 6 nitrogen and oxygen atoms in total. The van der Waals surface area contributed by atoms with E-state index in [0.717, 1.165) is 12.8 Å². The molecule has 1 aliphatic rings. The van der Waals surface area contributed by atoms with E-state index in [-0.39, 0.29) is 11.5 Å². The molecule has 1 aromatic carbocycles. The zero-order chi connectivity index (χ0) is 21.1. The summed E-state index contributed by atoms with van der Waals surface area (Å²) < 4.78 is 51.2. The largest absolute Gasteiger partial charge is 0.451 e. The molecule has 1 aliphatic heterocycles. The van der Waals surface area contributed by atoms with Crippen LogP contribution in [0.4, 0.5) is 13.2 Å². The molecule has 0 N–H and O–H groups in total. The Labute approximate surface area is 175 Å². The van der Waals surface area contributed by atoms with Crippen LogP contribution in [-0.2, 0) is 17.3 Å². The van der Waals surface area contributed by atoms with Crippen molar-refractivity contribution >= 4 is 22.5 Å². The van der Waals surface area contributed by atoms with Crippen molar-refractivity contribution < 1.29 is 22.6 Å². The molecular formula is C20H18ClF3N4O2. The van der Waals surface area contributed by atoms with Crippen molar-refractivity contribution in [3.05, 3.63) is 47.1 Å². The van der Waals surface area contributed by atoms with Gasteiger partial charge in [-0.25, -0.2) is 19.9 Å². The third-order valence-electron chi connectivity index (χ3n) is 4.94. The van der Waals surface area contributed by atoms with Crippen LogP contribution in [0.15, 0.2) is 30.6 Å². The maximum atomic E-state index is 13.4. The normalized spacial score (nSPS) is 15.5. The molecular weight excluding hydrogens is 421 g/mol. The van der Waals surface area contributed by atoms with Crippen molar-refractivity contribution in [2.24, 2.45) is 5.92 Å². The van der Waals surface area contributed by atoms with E-state index in [2.05, 4.69) is 19.9 Å². The number of fused-ring (bicyclic) bond motifs is 1. The lowest BCUT2D eigenvalue weighted by atomic mass is 9.93. The predicted octanol–water partition coefficient (Wildman–Crippen LogP) is 5.24. The van der Waals surface area contributed by atoms with Gasteiger partial charge in [-0.1, -0.05) is 17.7 Å². The highest BCUT2D eigenvalue weighted by molar-refractivity contribution is 6.30. The second-order valence-corrected chi connectivity index (χ2v) is 7.46. The Morgan fingerprint density at radius 3 is 2.53 bits per heavy atom. The molecule has 0 aliphatic carbocycles. The van der Waals surface area contributed by atoms with Gasteiger partial charge in [0.25, 0.3) is 0 Å². The molecule has 0 atom stereocenters. The van der Waals surface area contributed by atoms with Crippen LogP contribution in [0.1, 0.15) is 30.8 Å². The van der Waals surface area contributed by atoms with E-state index in [1.807, 2.05) is 0 Å². The molecule has 0 radical (unpaired) electrons. The van der Waals surface area contributed by atoms with Crippen LogP contribution in [0, 0.1) is 5.92 Å². The van der Waals surface area contributed by atoms with Crippen LogP contribution < -0.4 is 4.74 Å². The van der Waals surface area contributed by atoms with Crippen LogP contribution in [0.2, 0.25) is 5.02 Å². The molecule has 1 fully saturated rings. The summed E-state index contributed by atoms with van der Waals surface area (Å²) in [7, 11) is 0. The molecule has 0 amide bonds. The van der Waals surface area contributed by atoms with Crippen molar-refractivity contribution in [1.29, 1.82) is 0 Å². The number of hydrogen-bond donors (Lipinski definition) is 0. The number of ether oxygens (including phenoxy) is 2.